The Kier molecular flexibility index (Phi) is 3.11. The second-order valence-corrected chi connectivity index (χ2v) is 5.67. The summed E-state index contributed by atoms with van der Waals surface area (Å²) in [7, 11) is 0. The zero-order valence-corrected chi connectivity index (χ0v) is 12.5. The molecule has 0 saturated heterocycles. The summed E-state index contributed by atoms with van der Waals surface area (Å²) in [5.74, 6) is 0.804. The van der Waals surface area contributed by atoms with Crippen LogP contribution in [0.3, 0.4) is 0 Å². The van der Waals surface area contributed by atoms with Gasteiger partial charge >= 0.3 is 0 Å². The van der Waals surface area contributed by atoms with E-state index in [1.807, 2.05) is 16.8 Å². The lowest BCUT2D eigenvalue weighted by atomic mass is 10.0. The summed E-state index contributed by atoms with van der Waals surface area (Å²) in [6.07, 6.45) is 1.02. The van der Waals surface area contributed by atoms with E-state index in [0.717, 1.165) is 31.1 Å². The molecule has 0 spiro atoms. The average Bonchev–Trinajstić information content (AvgIpc) is 3.05. The zero-order valence-electron chi connectivity index (χ0n) is 12.5. The maximum absolute atomic E-state index is 4.24. The Morgan fingerprint density at radius 2 is 1.73 bits per heavy atom. The molecule has 0 atom stereocenters. The summed E-state index contributed by atoms with van der Waals surface area (Å²) in [6, 6.07) is 16.8. The third-order valence-corrected chi connectivity index (χ3v) is 4.15. The van der Waals surface area contributed by atoms with Gasteiger partial charge in [0, 0.05) is 13.1 Å². The summed E-state index contributed by atoms with van der Waals surface area (Å²) in [4.78, 5) is 2.24. The predicted octanol–water partition coefficient (Wildman–Crippen LogP) is 2.53. The molecule has 2 aromatic carbocycles. The van der Waals surface area contributed by atoms with Crippen molar-refractivity contribution in [3.63, 3.8) is 0 Å². The van der Waals surface area contributed by atoms with Gasteiger partial charge in [0.1, 0.15) is 0 Å². The van der Waals surface area contributed by atoms with Crippen molar-refractivity contribution >= 4 is 5.95 Å². The molecule has 2 heterocycles. The number of nitrogens with zero attached hydrogens (tertiary/aromatic N) is 5. The molecule has 0 radical (unpaired) electrons. The molecule has 0 fully saturated rings. The van der Waals surface area contributed by atoms with Crippen LogP contribution in [-0.2, 0) is 13.0 Å². The van der Waals surface area contributed by atoms with E-state index >= 15 is 0 Å². The van der Waals surface area contributed by atoms with Gasteiger partial charge in [-0.25, -0.2) is 0 Å². The monoisotopic (exact) mass is 291 g/mol. The van der Waals surface area contributed by atoms with Crippen LogP contribution in [0.4, 0.5) is 5.95 Å². The number of hydrogen-bond acceptors (Lipinski definition) is 4. The Bertz CT molecular complexity index is 791. The van der Waals surface area contributed by atoms with E-state index in [9.17, 15) is 0 Å². The van der Waals surface area contributed by atoms with Crippen LogP contribution >= 0.6 is 0 Å². The first-order chi connectivity index (χ1) is 10.8. The molecule has 110 valence electrons. The van der Waals surface area contributed by atoms with Gasteiger partial charge in [-0.05, 0) is 47.0 Å². The lowest BCUT2D eigenvalue weighted by molar-refractivity contribution is 0.689. The highest BCUT2D eigenvalue weighted by Gasteiger charge is 2.21. The Labute approximate surface area is 129 Å². The second kappa shape index (κ2) is 5.26. The molecule has 5 heteroatoms. The van der Waals surface area contributed by atoms with E-state index in [4.69, 9.17) is 0 Å². The van der Waals surface area contributed by atoms with Crippen LogP contribution < -0.4 is 4.90 Å². The number of aromatic nitrogens is 4. The Morgan fingerprint density at radius 1 is 0.955 bits per heavy atom. The van der Waals surface area contributed by atoms with Crippen molar-refractivity contribution in [2.75, 3.05) is 11.4 Å². The SMILES string of the molecule is Cc1ccc(-n2nnnc2N2CCc3ccccc3C2)cc1. The van der Waals surface area contributed by atoms with Crippen molar-refractivity contribution in [3.05, 3.63) is 65.2 Å². The number of tetrazole rings is 1. The van der Waals surface area contributed by atoms with Crippen molar-refractivity contribution in [1.29, 1.82) is 0 Å². The Morgan fingerprint density at radius 3 is 2.55 bits per heavy atom. The van der Waals surface area contributed by atoms with Crippen molar-refractivity contribution in [1.82, 2.24) is 20.2 Å². The first kappa shape index (κ1) is 13.0. The van der Waals surface area contributed by atoms with Gasteiger partial charge in [-0.2, -0.15) is 4.68 Å². The molecule has 5 nitrogen and oxygen atoms in total. The third-order valence-electron chi connectivity index (χ3n) is 4.15. The standard InChI is InChI=1S/C17H17N5/c1-13-6-8-16(9-7-13)22-17(18-19-20-22)21-11-10-14-4-2-3-5-15(14)12-21/h2-9H,10-12H2,1H3. The van der Waals surface area contributed by atoms with E-state index in [-0.39, 0.29) is 0 Å². The van der Waals surface area contributed by atoms with Crippen molar-refractivity contribution in [2.24, 2.45) is 0 Å². The van der Waals surface area contributed by atoms with Crippen LogP contribution in [0.15, 0.2) is 48.5 Å². The summed E-state index contributed by atoms with van der Waals surface area (Å²) in [6.45, 7) is 3.86. The molecular formula is C17H17N5. The fraction of sp³-hybridized carbons (Fsp3) is 0.235. The molecule has 1 aliphatic heterocycles. The normalized spacial score (nSPS) is 14.0. The van der Waals surface area contributed by atoms with Crippen molar-refractivity contribution in [2.45, 2.75) is 19.9 Å². The van der Waals surface area contributed by atoms with E-state index in [1.54, 1.807) is 0 Å². The lowest BCUT2D eigenvalue weighted by Gasteiger charge is -2.28. The predicted molar refractivity (Wildman–Crippen MR) is 85.1 cm³/mol. The van der Waals surface area contributed by atoms with Crippen molar-refractivity contribution in [3.8, 4) is 5.69 Å². The minimum atomic E-state index is 0.804. The first-order valence-electron chi connectivity index (χ1n) is 7.48. The van der Waals surface area contributed by atoms with Crippen LogP contribution in [0.2, 0.25) is 0 Å². The largest absolute Gasteiger partial charge is 0.335 e. The molecule has 0 aliphatic carbocycles. The quantitative estimate of drug-likeness (QED) is 0.728. The molecule has 3 aromatic rings. The van der Waals surface area contributed by atoms with E-state index < -0.39 is 0 Å². The topological polar surface area (TPSA) is 46.8 Å². The molecule has 0 N–H and O–H groups in total. The van der Waals surface area contributed by atoms with Crippen LogP contribution in [0.1, 0.15) is 16.7 Å². The van der Waals surface area contributed by atoms with Gasteiger partial charge in [-0.3, -0.25) is 0 Å². The summed E-state index contributed by atoms with van der Waals surface area (Å²) >= 11 is 0. The smallest absolute Gasteiger partial charge is 0.250 e. The zero-order chi connectivity index (χ0) is 14.9. The molecule has 0 saturated carbocycles. The fourth-order valence-corrected chi connectivity index (χ4v) is 2.90. The summed E-state index contributed by atoms with van der Waals surface area (Å²) < 4.78 is 1.81. The van der Waals surface area contributed by atoms with Gasteiger partial charge < -0.3 is 4.90 Å². The molecule has 1 aromatic heterocycles. The first-order valence-corrected chi connectivity index (χ1v) is 7.48. The maximum atomic E-state index is 4.24. The molecule has 1 aliphatic rings. The van der Waals surface area contributed by atoms with E-state index in [2.05, 4.69) is 63.7 Å². The third kappa shape index (κ3) is 2.24. The fourth-order valence-electron chi connectivity index (χ4n) is 2.90. The van der Waals surface area contributed by atoms with E-state index in [0.29, 0.717) is 0 Å². The number of anilines is 1. The summed E-state index contributed by atoms with van der Waals surface area (Å²) in [5.41, 5.74) is 5.00. The second-order valence-electron chi connectivity index (χ2n) is 5.67. The number of fused-ring (bicyclic) bond motifs is 1. The highest BCUT2D eigenvalue weighted by molar-refractivity contribution is 5.45. The van der Waals surface area contributed by atoms with Gasteiger partial charge in [0.15, 0.2) is 0 Å². The number of benzene rings is 2. The number of aryl methyl sites for hydroxylation is 1. The Balaban J connectivity index is 1.68. The van der Waals surface area contributed by atoms with Crippen LogP contribution in [-0.4, -0.2) is 26.8 Å². The van der Waals surface area contributed by atoms with E-state index in [1.165, 1.54) is 16.7 Å². The molecular weight excluding hydrogens is 274 g/mol. The molecule has 0 unspecified atom stereocenters. The van der Waals surface area contributed by atoms with Gasteiger partial charge in [0.05, 0.1) is 5.69 Å². The average molecular weight is 291 g/mol. The van der Waals surface area contributed by atoms with Crippen LogP contribution in [0, 0.1) is 6.92 Å². The highest BCUT2D eigenvalue weighted by Crippen LogP contribution is 2.24. The van der Waals surface area contributed by atoms with Gasteiger partial charge in [-0.1, -0.05) is 47.1 Å². The van der Waals surface area contributed by atoms with Crippen LogP contribution in [0.5, 0.6) is 0 Å². The van der Waals surface area contributed by atoms with Crippen molar-refractivity contribution < 1.29 is 0 Å². The number of rotatable bonds is 2. The molecule has 0 bridgehead atoms. The minimum Gasteiger partial charge on any atom is -0.335 e. The van der Waals surface area contributed by atoms with Crippen LogP contribution in [0.25, 0.3) is 5.69 Å². The number of hydrogen-bond donors (Lipinski definition) is 0. The maximum Gasteiger partial charge on any atom is 0.250 e. The van der Waals surface area contributed by atoms with Gasteiger partial charge in [-0.15, -0.1) is 0 Å². The molecule has 0 amide bonds. The minimum absolute atomic E-state index is 0.804. The lowest BCUT2D eigenvalue weighted by Crippen LogP contribution is -2.32. The summed E-state index contributed by atoms with van der Waals surface area (Å²) in [5, 5.41) is 12.3. The highest BCUT2D eigenvalue weighted by atomic mass is 15.6. The Hall–Kier alpha value is -2.69. The molecule has 4 rings (SSSR count). The van der Waals surface area contributed by atoms with Gasteiger partial charge in [0.2, 0.25) is 0 Å². The molecule has 22 heavy (non-hydrogen) atoms. The van der Waals surface area contributed by atoms with Gasteiger partial charge in [0.25, 0.3) is 5.95 Å².